The zero-order chi connectivity index (χ0) is 23.8. The molecule has 0 radical (unpaired) electrons. The average molecular weight is 461 g/mol. The number of halogens is 3. The van der Waals surface area contributed by atoms with Gasteiger partial charge in [0.25, 0.3) is 5.91 Å². The fraction of sp³-hybridized carbons (Fsp3) is 0.520. The average Bonchev–Trinajstić information content (AvgIpc) is 2.78. The second-order valence-electron chi connectivity index (χ2n) is 9.23. The van der Waals surface area contributed by atoms with Crippen molar-refractivity contribution in [2.24, 2.45) is 0 Å². The van der Waals surface area contributed by atoms with Crippen molar-refractivity contribution >= 4 is 11.7 Å². The predicted molar refractivity (Wildman–Crippen MR) is 122 cm³/mol. The Balaban J connectivity index is 1.33. The normalized spacial score (nSPS) is 20.8. The standard InChI is InChI=1S/C25H31F3N4O/c1-17-5-4-6-18(2)23(17)24(33)30-11-9-21(10-12-30)32-14-13-31(16-19(32)3)22-8-7-20(15-29-22)25(26,27)28/h4-8,15,19,21H,9-14,16H2,1-3H3/t19-/m1/s1. The number of piperazine rings is 1. The van der Waals surface area contributed by atoms with Gasteiger partial charge < -0.3 is 9.80 Å². The van der Waals surface area contributed by atoms with E-state index in [0.29, 0.717) is 11.9 Å². The van der Waals surface area contributed by atoms with E-state index in [1.165, 1.54) is 6.07 Å². The molecular formula is C25H31F3N4O. The number of carbonyl (C=O) groups is 1. The van der Waals surface area contributed by atoms with Crippen LogP contribution in [-0.2, 0) is 6.18 Å². The van der Waals surface area contributed by atoms with E-state index in [2.05, 4.69) is 21.7 Å². The number of rotatable bonds is 3. The minimum Gasteiger partial charge on any atom is -0.354 e. The Morgan fingerprint density at radius 2 is 1.67 bits per heavy atom. The largest absolute Gasteiger partial charge is 0.417 e. The summed E-state index contributed by atoms with van der Waals surface area (Å²) in [6.07, 6.45) is -1.60. The monoisotopic (exact) mass is 460 g/mol. The maximum atomic E-state index is 13.1. The maximum absolute atomic E-state index is 13.1. The predicted octanol–water partition coefficient (Wildman–Crippen LogP) is 4.53. The fourth-order valence-electron chi connectivity index (χ4n) is 5.17. The summed E-state index contributed by atoms with van der Waals surface area (Å²) in [4.78, 5) is 23.7. The zero-order valence-corrected chi connectivity index (χ0v) is 19.4. The van der Waals surface area contributed by atoms with Crippen LogP contribution < -0.4 is 4.90 Å². The van der Waals surface area contributed by atoms with E-state index in [1.54, 1.807) is 0 Å². The van der Waals surface area contributed by atoms with Gasteiger partial charge in [-0.25, -0.2) is 4.98 Å². The molecule has 1 atom stereocenters. The Labute approximate surface area is 193 Å². The number of hydrogen-bond acceptors (Lipinski definition) is 4. The molecule has 0 unspecified atom stereocenters. The van der Waals surface area contributed by atoms with Crippen molar-refractivity contribution in [3.8, 4) is 0 Å². The SMILES string of the molecule is Cc1cccc(C)c1C(=O)N1CCC(N2CCN(c3ccc(C(F)(F)F)cn3)C[C@H]2C)CC1. The van der Waals surface area contributed by atoms with Crippen LogP contribution >= 0.6 is 0 Å². The fourth-order valence-corrected chi connectivity index (χ4v) is 5.17. The van der Waals surface area contributed by atoms with Gasteiger partial charge in [-0.15, -0.1) is 0 Å². The quantitative estimate of drug-likeness (QED) is 0.675. The summed E-state index contributed by atoms with van der Waals surface area (Å²) < 4.78 is 38.4. The van der Waals surface area contributed by atoms with E-state index in [4.69, 9.17) is 0 Å². The summed E-state index contributed by atoms with van der Waals surface area (Å²) in [7, 11) is 0. The Morgan fingerprint density at radius 3 is 2.21 bits per heavy atom. The van der Waals surface area contributed by atoms with Gasteiger partial charge in [0.1, 0.15) is 5.82 Å². The van der Waals surface area contributed by atoms with Crippen LogP contribution in [0.4, 0.5) is 19.0 Å². The summed E-state index contributed by atoms with van der Waals surface area (Å²) in [6, 6.07) is 9.18. The Hall–Kier alpha value is -2.61. The van der Waals surface area contributed by atoms with Gasteiger partial charge in [0.2, 0.25) is 0 Å². The minimum atomic E-state index is -4.37. The van der Waals surface area contributed by atoms with E-state index < -0.39 is 11.7 Å². The lowest BCUT2D eigenvalue weighted by Gasteiger charge is -2.46. The van der Waals surface area contributed by atoms with E-state index in [0.717, 1.165) is 74.5 Å². The van der Waals surface area contributed by atoms with Gasteiger partial charge in [0.05, 0.1) is 5.56 Å². The number of carbonyl (C=O) groups excluding carboxylic acids is 1. The van der Waals surface area contributed by atoms with Gasteiger partial charge in [0.15, 0.2) is 0 Å². The Kier molecular flexibility index (Phi) is 6.66. The molecule has 1 aromatic carbocycles. The van der Waals surface area contributed by atoms with Gasteiger partial charge >= 0.3 is 6.18 Å². The molecule has 2 aromatic rings. The summed E-state index contributed by atoms with van der Waals surface area (Å²) in [5, 5.41) is 0. The first-order chi connectivity index (χ1) is 15.6. The first-order valence-electron chi connectivity index (χ1n) is 11.5. The highest BCUT2D eigenvalue weighted by Crippen LogP contribution is 2.30. The molecule has 0 saturated carbocycles. The molecule has 1 amide bonds. The number of alkyl halides is 3. The number of piperidine rings is 1. The molecule has 0 bridgehead atoms. The first kappa shape index (κ1) is 23.5. The molecule has 3 heterocycles. The number of aryl methyl sites for hydroxylation is 2. The lowest BCUT2D eigenvalue weighted by atomic mass is 9.97. The van der Waals surface area contributed by atoms with Gasteiger partial charge in [-0.1, -0.05) is 18.2 Å². The number of pyridine rings is 1. The van der Waals surface area contributed by atoms with Gasteiger partial charge in [0, 0.05) is 56.6 Å². The number of anilines is 1. The molecule has 5 nitrogen and oxygen atoms in total. The number of nitrogens with zero attached hydrogens (tertiary/aromatic N) is 4. The van der Waals surface area contributed by atoms with Crippen molar-refractivity contribution < 1.29 is 18.0 Å². The minimum absolute atomic E-state index is 0.121. The van der Waals surface area contributed by atoms with Crippen LogP contribution in [0.2, 0.25) is 0 Å². The van der Waals surface area contributed by atoms with Crippen LogP contribution in [0.5, 0.6) is 0 Å². The highest BCUT2D eigenvalue weighted by molar-refractivity contribution is 5.97. The second-order valence-corrected chi connectivity index (χ2v) is 9.23. The molecule has 2 fully saturated rings. The van der Waals surface area contributed by atoms with E-state index >= 15 is 0 Å². The van der Waals surface area contributed by atoms with Gasteiger partial charge in [-0.3, -0.25) is 9.69 Å². The van der Waals surface area contributed by atoms with Gasteiger partial charge in [-0.2, -0.15) is 13.2 Å². The van der Waals surface area contributed by atoms with Crippen molar-refractivity contribution in [1.82, 2.24) is 14.8 Å². The molecule has 1 aromatic heterocycles. The summed E-state index contributed by atoms with van der Waals surface area (Å²) in [5.41, 5.74) is 2.13. The molecule has 178 valence electrons. The molecule has 2 aliphatic rings. The van der Waals surface area contributed by atoms with Gasteiger partial charge in [-0.05, 0) is 56.9 Å². The lowest BCUT2D eigenvalue weighted by molar-refractivity contribution is -0.137. The summed E-state index contributed by atoms with van der Waals surface area (Å²) >= 11 is 0. The Morgan fingerprint density at radius 1 is 1.00 bits per heavy atom. The third kappa shape index (κ3) is 5.00. The van der Waals surface area contributed by atoms with Crippen molar-refractivity contribution in [3.05, 3.63) is 58.8 Å². The van der Waals surface area contributed by atoms with E-state index in [-0.39, 0.29) is 11.9 Å². The van der Waals surface area contributed by atoms with Crippen LogP contribution in [0.25, 0.3) is 0 Å². The second kappa shape index (κ2) is 9.33. The van der Waals surface area contributed by atoms with Crippen LogP contribution in [0, 0.1) is 13.8 Å². The topological polar surface area (TPSA) is 39.7 Å². The maximum Gasteiger partial charge on any atom is 0.417 e. The van der Waals surface area contributed by atoms with E-state index in [1.807, 2.05) is 36.9 Å². The summed E-state index contributed by atoms with van der Waals surface area (Å²) in [5.74, 6) is 0.707. The molecule has 2 saturated heterocycles. The van der Waals surface area contributed by atoms with Crippen molar-refractivity contribution in [1.29, 1.82) is 0 Å². The Bertz CT molecular complexity index is 964. The van der Waals surface area contributed by atoms with Crippen molar-refractivity contribution in [2.45, 2.75) is 51.9 Å². The third-order valence-corrected chi connectivity index (χ3v) is 6.99. The van der Waals surface area contributed by atoms with Crippen LogP contribution in [-0.4, -0.2) is 65.5 Å². The number of hydrogen-bond donors (Lipinski definition) is 0. The highest BCUT2D eigenvalue weighted by Gasteiger charge is 2.34. The third-order valence-electron chi connectivity index (χ3n) is 6.99. The van der Waals surface area contributed by atoms with Crippen LogP contribution in [0.1, 0.15) is 46.8 Å². The van der Waals surface area contributed by atoms with Crippen LogP contribution in [0.15, 0.2) is 36.5 Å². The van der Waals surface area contributed by atoms with E-state index in [9.17, 15) is 18.0 Å². The zero-order valence-electron chi connectivity index (χ0n) is 19.4. The number of likely N-dealkylation sites (tertiary alicyclic amines) is 1. The molecule has 8 heteroatoms. The molecule has 0 spiro atoms. The lowest BCUT2D eigenvalue weighted by Crippen LogP contribution is -2.58. The first-order valence-corrected chi connectivity index (χ1v) is 11.5. The molecule has 0 aliphatic carbocycles. The molecule has 0 N–H and O–H groups in total. The van der Waals surface area contributed by atoms with Crippen molar-refractivity contribution in [2.75, 3.05) is 37.6 Å². The smallest absolute Gasteiger partial charge is 0.354 e. The van der Waals surface area contributed by atoms with Crippen molar-refractivity contribution in [3.63, 3.8) is 0 Å². The number of benzene rings is 1. The number of amides is 1. The highest BCUT2D eigenvalue weighted by atomic mass is 19.4. The van der Waals surface area contributed by atoms with Crippen LogP contribution in [0.3, 0.4) is 0 Å². The number of aromatic nitrogens is 1. The molecule has 33 heavy (non-hydrogen) atoms. The molecule has 2 aliphatic heterocycles. The summed E-state index contributed by atoms with van der Waals surface area (Å²) in [6.45, 7) is 9.89. The molecular weight excluding hydrogens is 429 g/mol. The molecule has 4 rings (SSSR count).